The lowest BCUT2D eigenvalue weighted by atomic mass is 10.1. The monoisotopic (exact) mass is 407 g/mol. The van der Waals surface area contributed by atoms with Crippen LogP contribution in [-0.4, -0.2) is 34.6 Å². The number of likely N-dealkylation sites (N-methyl/N-ethyl adjacent to an activating group) is 1. The van der Waals surface area contributed by atoms with Gasteiger partial charge in [0, 0.05) is 23.0 Å². The standard InChI is InChI=1S/C22H18ClN3O3/c1-26(13-20-24-22(25-29-20)16-9-11-17(23)12-10-16)21(27)14-28-19-8-4-6-15-5-2-3-7-18(15)19/h2-12H,13-14H2,1H3. The first-order chi connectivity index (χ1) is 14.1. The number of nitrogens with zero attached hydrogens (tertiary/aromatic N) is 3. The van der Waals surface area contributed by atoms with Crippen molar-refractivity contribution in [2.45, 2.75) is 6.54 Å². The van der Waals surface area contributed by atoms with Crippen LogP contribution in [0.15, 0.2) is 71.3 Å². The van der Waals surface area contributed by atoms with E-state index in [4.69, 9.17) is 20.9 Å². The molecule has 1 heterocycles. The molecule has 4 aromatic rings. The fourth-order valence-electron chi connectivity index (χ4n) is 2.90. The maximum absolute atomic E-state index is 12.5. The number of hydrogen-bond acceptors (Lipinski definition) is 5. The van der Waals surface area contributed by atoms with Crippen LogP contribution < -0.4 is 4.74 Å². The van der Waals surface area contributed by atoms with Crippen LogP contribution >= 0.6 is 11.6 Å². The first-order valence-electron chi connectivity index (χ1n) is 9.03. The molecule has 0 aliphatic rings. The molecule has 0 atom stereocenters. The molecule has 0 unspecified atom stereocenters. The predicted octanol–water partition coefficient (Wildman–Crippen LogP) is 4.58. The second-order valence-corrected chi connectivity index (χ2v) is 6.97. The third-order valence-corrected chi connectivity index (χ3v) is 4.72. The van der Waals surface area contributed by atoms with Crippen LogP contribution in [0.25, 0.3) is 22.2 Å². The Kier molecular flexibility index (Phi) is 5.44. The van der Waals surface area contributed by atoms with E-state index in [-0.39, 0.29) is 19.1 Å². The zero-order valence-electron chi connectivity index (χ0n) is 15.7. The average Bonchev–Trinajstić information content (AvgIpc) is 3.20. The molecule has 1 aromatic heterocycles. The number of fused-ring (bicyclic) bond motifs is 1. The molecule has 0 spiro atoms. The Bertz CT molecular complexity index is 1140. The molecule has 146 valence electrons. The summed E-state index contributed by atoms with van der Waals surface area (Å²) in [5.74, 6) is 1.28. The second kappa shape index (κ2) is 8.32. The lowest BCUT2D eigenvalue weighted by Gasteiger charge is -2.16. The molecule has 4 rings (SSSR count). The van der Waals surface area contributed by atoms with Crippen molar-refractivity contribution in [3.05, 3.63) is 77.6 Å². The van der Waals surface area contributed by atoms with Crippen LogP contribution in [0, 0.1) is 0 Å². The van der Waals surface area contributed by atoms with Crippen molar-refractivity contribution < 1.29 is 14.1 Å². The Labute approximate surface area is 172 Å². The summed E-state index contributed by atoms with van der Waals surface area (Å²) in [6, 6.07) is 20.8. The molecule has 0 fully saturated rings. The van der Waals surface area contributed by atoms with Gasteiger partial charge in [0.15, 0.2) is 6.61 Å². The van der Waals surface area contributed by atoms with Gasteiger partial charge in [-0.05, 0) is 35.7 Å². The van der Waals surface area contributed by atoms with Gasteiger partial charge in [0.25, 0.3) is 5.91 Å². The van der Waals surface area contributed by atoms with Crippen LogP contribution in [0.4, 0.5) is 0 Å². The summed E-state index contributed by atoms with van der Waals surface area (Å²) in [5.41, 5.74) is 0.790. The van der Waals surface area contributed by atoms with Crippen molar-refractivity contribution >= 4 is 28.3 Å². The molecule has 0 saturated carbocycles. The molecule has 7 heteroatoms. The SMILES string of the molecule is CN(Cc1nc(-c2ccc(Cl)cc2)no1)C(=O)COc1cccc2ccccc12. The first-order valence-corrected chi connectivity index (χ1v) is 9.41. The Morgan fingerprint density at radius 2 is 1.83 bits per heavy atom. The molecular formula is C22H18ClN3O3. The lowest BCUT2D eigenvalue weighted by molar-refractivity contribution is -0.132. The van der Waals surface area contributed by atoms with Crippen molar-refractivity contribution in [3.8, 4) is 17.1 Å². The molecule has 0 aliphatic carbocycles. The van der Waals surface area contributed by atoms with E-state index in [1.807, 2.05) is 54.6 Å². The lowest BCUT2D eigenvalue weighted by Crippen LogP contribution is -2.31. The number of carbonyl (C=O) groups is 1. The van der Waals surface area contributed by atoms with E-state index >= 15 is 0 Å². The van der Waals surface area contributed by atoms with Gasteiger partial charge in [-0.1, -0.05) is 53.2 Å². The summed E-state index contributed by atoms with van der Waals surface area (Å²) >= 11 is 5.89. The van der Waals surface area contributed by atoms with Gasteiger partial charge in [-0.2, -0.15) is 4.98 Å². The molecule has 0 N–H and O–H groups in total. The molecule has 6 nitrogen and oxygen atoms in total. The summed E-state index contributed by atoms with van der Waals surface area (Å²) in [6.45, 7) is 0.112. The quantitative estimate of drug-likeness (QED) is 0.468. The van der Waals surface area contributed by atoms with E-state index in [0.29, 0.717) is 22.5 Å². The van der Waals surface area contributed by atoms with Gasteiger partial charge in [-0.15, -0.1) is 0 Å². The van der Waals surface area contributed by atoms with Crippen LogP contribution in [-0.2, 0) is 11.3 Å². The first kappa shape index (κ1) is 19.0. The highest BCUT2D eigenvalue weighted by atomic mass is 35.5. The smallest absolute Gasteiger partial charge is 0.260 e. The summed E-state index contributed by atoms with van der Waals surface area (Å²) in [5, 5.41) is 6.62. The molecule has 0 saturated heterocycles. The Morgan fingerprint density at radius 3 is 2.66 bits per heavy atom. The summed E-state index contributed by atoms with van der Waals surface area (Å²) < 4.78 is 11.0. The summed E-state index contributed by atoms with van der Waals surface area (Å²) in [4.78, 5) is 18.3. The van der Waals surface area contributed by atoms with Crippen LogP contribution in [0.3, 0.4) is 0 Å². The Balaban J connectivity index is 1.38. The number of rotatable bonds is 6. The minimum absolute atomic E-state index is 0.0807. The fraction of sp³-hybridized carbons (Fsp3) is 0.136. The van der Waals surface area contributed by atoms with E-state index in [1.54, 1.807) is 19.2 Å². The number of carbonyl (C=O) groups excluding carboxylic acids is 1. The van der Waals surface area contributed by atoms with Crippen LogP contribution in [0.5, 0.6) is 5.75 Å². The van der Waals surface area contributed by atoms with Crippen LogP contribution in [0.2, 0.25) is 5.02 Å². The molecule has 29 heavy (non-hydrogen) atoms. The maximum Gasteiger partial charge on any atom is 0.260 e. The number of benzene rings is 3. The highest BCUT2D eigenvalue weighted by molar-refractivity contribution is 6.30. The van der Waals surface area contributed by atoms with E-state index in [9.17, 15) is 4.79 Å². The number of amides is 1. The molecule has 0 aliphatic heterocycles. The largest absolute Gasteiger partial charge is 0.483 e. The Hall–Kier alpha value is -3.38. The molecule has 0 radical (unpaired) electrons. The van der Waals surface area contributed by atoms with Gasteiger partial charge >= 0.3 is 0 Å². The molecule has 3 aromatic carbocycles. The average molecular weight is 408 g/mol. The third-order valence-electron chi connectivity index (χ3n) is 4.47. The van der Waals surface area contributed by atoms with Crippen molar-refractivity contribution in [1.29, 1.82) is 0 Å². The maximum atomic E-state index is 12.5. The van der Waals surface area contributed by atoms with E-state index in [1.165, 1.54) is 4.90 Å². The minimum atomic E-state index is -0.191. The van der Waals surface area contributed by atoms with E-state index in [0.717, 1.165) is 16.3 Å². The second-order valence-electron chi connectivity index (χ2n) is 6.53. The third kappa shape index (κ3) is 4.38. The number of aromatic nitrogens is 2. The highest BCUT2D eigenvalue weighted by Gasteiger charge is 2.16. The van der Waals surface area contributed by atoms with Crippen molar-refractivity contribution in [3.63, 3.8) is 0 Å². The van der Waals surface area contributed by atoms with E-state index < -0.39 is 0 Å². The highest BCUT2D eigenvalue weighted by Crippen LogP contribution is 2.25. The Morgan fingerprint density at radius 1 is 1.07 bits per heavy atom. The van der Waals surface area contributed by atoms with Crippen molar-refractivity contribution in [1.82, 2.24) is 15.0 Å². The minimum Gasteiger partial charge on any atom is -0.483 e. The van der Waals surface area contributed by atoms with Gasteiger partial charge in [0.05, 0.1) is 6.54 Å². The normalized spacial score (nSPS) is 10.8. The number of halogens is 1. The topological polar surface area (TPSA) is 68.5 Å². The zero-order valence-corrected chi connectivity index (χ0v) is 16.5. The number of ether oxygens (including phenoxy) is 1. The predicted molar refractivity (Wildman–Crippen MR) is 111 cm³/mol. The van der Waals surface area contributed by atoms with Gasteiger partial charge < -0.3 is 14.2 Å². The van der Waals surface area contributed by atoms with E-state index in [2.05, 4.69) is 10.1 Å². The van der Waals surface area contributed by atoms with Crippen molar-refractivity contribution in [2.24, 2.45) is 0 Å². The summed E-state index contributed by atoms with van der Waals surface area (Å²) in [6.07, 6.45) is 0. The molecular weight excluding hydrogens is 390 g/mol. The zero-order chi connectivity index (χ0) is 20.2. The number of hydrogen-bond donors (Lipinski definition) is 0. The van der Waals surface area contributed by atoms with Gasteiger partial charge in [-0.3, -0.25) is 4.79 Å². The molecule has 1 amide bonds. The fourth-order valence-corrected chi connectivity index (χ4v) is 3.02. The molecule has 0 bridgehead atoms. The van der Waals surface area contributed by atoms with Crippen LogP contribution in [0.1, 0.15) is 5.89 Å². The van der Waals surface area contributed by atoms with Gasteiger partial charge in [0.2, 0.25) is 11.7 Å². The van der Waals surface area contributed by atoms with Crippen molar-refractivity contribution in [2.75, 3.05) is 13.7 Å². The summed E-state index contributed by atoms with van der Waals surface area (Å²) in [7, 11) is 1.67. The van der Waals surface area contributed by atoms with Gasteiger partial charge in [-0.25, -0.2) is 0 Å². The van der Waals surface area contributed by atoms with Gasteiger partial charge in [0.1, 0.15) is 5.75 Å².